The first kappa shape index (κ1) is 12.7. The summed E-state index contributed by atoms with van der Waals surface area (Å²) in [7, 11) is 0. The quantitative estimate of drug-likeness (QED) is 0.563. The molecule has 0 nitrogen and oxygen atoms in total. The molecule has 1 aromatic heterocycles. The molecule has 1 heterocycles. The summed E-state index contributed by atoms with van der Waals surface area (Å²) < 4.78 is 0.762. The number of rotatable bonds is 2. The number of halogens is 4. The van der Waals surface area contributed by atoms with Gasteiger partial charge in [-0.3, -0.25) is 0 Å². The van der Waals surface area contributed by atoms with E-state index in [0.717, 1.165) is 14.8 Å². The van der Waals surface area contributed by atoms with E-state index in [1.165, 1.54) is 11.3 Å². The van der Waals surface area contributed by atoms with Gasteiger partial charge >= 0.3 is 0 Å². The van der Waals surface area contributed by atoms with E-state index in [1.54, 1.807) is 6.07 Å². The van der Waals surface area contributed by atoms with Crippen LogP contribution in [-0.4, -0.2) is 0 Å². The lowest BCUT2D eigenvalue weighted by molar-refractivity contribution is 1.23. The number of benzene rings is 1. The zero-order valence-corrected chi connectivity index (χ0v) is 12.6. The van der Waals surface area contributed by atoms with Gasteiger partial charge in [0.1, 0.15) is 0 Å². The summed E-state index contributed by atoms with van der Waals surface area (Å²) in [5.74, 6) is 0. The highest BCUT2D eigenvalue weighted by Gasteiger charge is 2.16. The summed E-state index contributed by atoms with van der Waals surface area (Å²) in [6, 6.07) is 9.45. The Hall–Kier alpha value is 0.270. The van der Waals surface area contributed by atoms with Crippen LogP contribution in [0.5, 0.6) is 0 Å². The van der Waals surface area contributed by atoms with Crippen molar-refractivity contribution >= 4 is 62.1 Å². The lowest BCUT2D eigenvalue weighted by Gasteiger charge is -2.10. The van der Waals surface area contributed by atoms with Crippen molar-refractivity contribution in [3.63, 3.8) is 0 Å². The Morgan fingerprint density at radius 2 is 1.81 bits per heavy atom. The monoisotopic (exact) mass is 354 g/mol. The number of alkyl halides is 1. The average molecular weight is 356 g/mol. The highest BCUT2D eigenvalue weighted by atomic mass is 79.9. The van der Waals surface area contributed by atoms with Crippen LogP contribution in [0.15, 0.2) is 30.3 Å². The molecule has 0 N–H and O–H groups in total. The molecule has 0 radical (unpaired) electrons. The van der Waals surface area contributed by atoms with E-state index >= 15 is 0 Å². The predicted octanol–water partition coefficient (Wildman–Crippen LogP) is 6.19. The van der Waals surface area contributed by atoms with Crippen molar-refractivity contribution in [1.29, 1.82) is 0 Å². The van der Waals surface area contributed by atoms with E-state index in [1.807, 2.05) is 24.3 Å². The van der Waals surface area contributed by atoms with Gasteiger partial charge in [-0.1, -0.05) is 62.9 Å². The topological polar surface area (TPSA) is 0 Å². The maximum absolute atomic E-state index is 6.15. The summed E-state index contributed by atoms with van der Waals surface area (Å²) in [6.07, 6.45) is 0. The number of hydrogen-bond donors (Lipinski definition) is 0. The SMILES string of the molecule is Clc1ccc(C(Br)c2cccc(Cl)c2Cl)s1. The van der Waals surface area contributed by atoms with E-state index < -0.39 is 0 Å². The predicted molar refractivity (Wildman–Crippen MR) is 76.6 cm³/mol. The summed E-state index contributed by atoms with van der Waals surface area (Å²) in [4.78, 5) is 1.13. The van der Waals surface area contributed by atoms with E-state index in [0.29, 0.717) is 10.0 Å². The molecule has 0 amide bonds. The molecule has 1 unspecified atom stereocenters. The Morgan fingerprint density at radius 1 is 1.06 bits per heavy atom. The fourth-order valence-corrected chi connectivity index (χ4v) is 3.76. The van der Waals surface area contributed by atoms with Crippen LogP contribution in [0.4, 0.5) is 0 Å². The molecule has 1 atom stereocenters. The molecule has 0 aliphatic rings. The van der Waals surface area contributed by atoms with Gasteiger partial charge in [0.15, 0.2) is 0 Å². The van der Waals surface area contributed by atoms with Crippen molar-refractivity contribution in [2.24, 2.45) is 0 Å². The molecule has 2 aromatic rings. The first-order valence-corrected chi connectivity index (χ1v) is 7.29. The molecule has 2 rings (SSSR count). The van der Waals surface area contributed by atoms with Crippen LogP contribution in [0.25, 0.3) is 0 Å². The molecule has 0 saturated heterocycles. The van der Waals surface area contributed by atoms with Crippen molar-refractivity contribution in [3.8, 4) is 0 Å². The van der Waals surface area contributed by atoms with Crippen molar-refractivity contribution in [2.45, 2.75) is 4.83 Å². The number of hydrogen-bond acceptors (Lipinski definition) is 1. The second-order valence-electron chi connectivity index (χ2n) is 3.15. The smallest absolute Gasteiger partial charge is 0.0931 e. The minimum Gasteiger partial charge on any atom is -0.127 e. The maximum Gasteiger partial charge on any atom is 0.0931 e. The lowest BCUT2D eigenvalue weighted by atomic mass is 10.1. The first-order chi connectivity index (χ1) is 7.59. The highest BCUT2D eigenvalue weighted by Crippen LogP contribution is 2.41. The molecule has 0 spiro atoms. The summed E-state index contributed by atoms with van der Waals surface area (Å²) >= 11 is 23.2. The van der Waals surface area contributed by atoms with E-state index in [9.17, 15) is 0 Å². The number of thiophene rings is 1. The molecule has 84 valence electrons. The standard InChI is InChI=1S/C11H6BrCl3S/c12-10(8-4-5-9(14)16-8)6-2-1-3-7(13)11(6)15/h1-5,10H. The third-order valence-corrected chi connectivity index (χ3v) is 5.52. The molecule has 16 heavy (non-hydrogen) atoms. The van der Waals surface area contributed by atoms with E-state index in [2.05, 4.69) is 15.9 Å². The zero-order chi connectivity index (χ0) is 11.7. The fraction of sp³-hybridized carbons (Fsp3) is 0.0909. The van der Waals surface area contributed by atoms with E-state index in [-0.39, 0.29) is 4.83 Å². The van der Waals surface area contributed by atoms with Gasteiger partial charge in [0.25, 0.3) is 0 Å². The second-order valence-corrected chi connectivity index (χ2v) is 6.59. The average Bonchev–Trinajstić information content (AvgIpc) is 2.68. The minimum absolute atomic E-state index is 0.0243. The Labute approximate surface area is 121 Å². The minimum atomic E-state index is 0.0243. The van der Waals surface area contributed by atoms with Gasteiger partial charge < -0.3 is 0 Å². The van der Waals surface area contributed by atoms with Gasteiger partial charge in [-0.25, -0.2) is 0 Å². The van der Waals surface area contributed by atoms with Gasteiger partial charge in [0, 0.05) is 4.88 Å². The molecule has 0 bridgehead atoms. The molecule has 5 heteroatoms. The Bertz CT molecular complexity index is 510. The van der Waals surface area contributed by atoms with Crippen LogP contribution < -0.4 is 0 Å². The second kappa shape index (κ2) is 5.28. The largest absolute Gasteiger partial charge is 0.127 e. The third-order valence-electron chi connectivity index (χ3n) is 2.10. The van der Waals surface area contributed by atoms with E-state index in [4.69, 9.17) is 34.8 Å². The van der Waals surface area contributed by atoms with Gasteiger partial charge in [-0.05, 0) is 23.8 Å². The third kappa shape index (κ3) is 2.57. The molecule has 0 aliphatic heterocycles. The molecular formula is C11H6BrCl3S. The molecule has 1 aromatic carbocycles. The normalized spacial score (nSPS) is 12.8. The van der Waals surface area contributed by atoms with Crippen molar-refractivity contribution < 1.29 is 0 Å². The molecule has 0 aliphatic carbocycles. The van der Waals surface area contributed by atoms with Gasteiger partial charge in [0.2, 0.25) is 0 Å². The van der Waals surface area contributed by atoms with Crippen molar-refractivity contribution in [3.05, 3.63) is 55.2 Å². The van der Waals surface area contributed by atoms with Gasteiger partial charge in [-0.15, -0.1) is 11.3 Å². The summed E-state index contributed by atoms with van der Waals surface area (Å²) in [5.41, 5.74) is 0.952. The Kier molecular flexibility index (Phi) is 4.20. The van der Waals surface area contributed by atoms with Gasteiger partial charge in [0.05, 0.1) is 19.2 Å². The molecule has 0 fully saturated rings. The van der Waals surface area contributed by atoms with Crippen LogP contribution >= 0.6 is 62.1 Å². The highest BCUT2D eigenvalue weighted by molar-refractivity contribution is 9.09. The fourth-order valence-electron chi connectivity index (χ4n) is 1.33. The van der Waals surface area contributed by atoms with Crippen LogP contribution in [-0.2, 0) is 0 Å². The molecular weight excluding hydrogens is 350 g/mol. The summed E-state index contributed by atoms with van der Waals surface area (Å²) in [6.45, 7) is 0. The van der Waals surface area contributed by atoms with Crippen LogP contribution in [0.2, 0.25) is 14.4 Å². The Balaban J connectivity index is 2.41. The Morgan fingerprint density at radius 3 is 2.44 bits per heavy atom. The van der Waals surface area contributed by atoms with Crippen molar-refractivity contribution in [2.75, 3.05) is 0 Å². The van der Waals surface area contributed by atoms with Crippen LogP contribution in [0, 0.1) is 0 Å². The summed E-state index contributed by atoms with van der Waals surface area (Å²) in [5, 5.41) is 1.14. The lowest BCUT2D eigenvalue weighted by Crippen LogP contribution is -1.91. The maximum atomic E-state index is 6.15. The van der Waals surface area contributed by atoms with Gasteiger partial charge in [-0.2, -0.15) is 0 Å². The van der Waals surface area contributed by atoms with Crippen LogP contribution in [0.3, 0.4) is 0 Å². The zero-order valence-electron chi connectivity index (χ0n) is 7.88. The van der Waals surface area contributed by atoms with Crippen LogP contribution in [0.1, 0.15) is 15.3 Å². The molecule has 0 saturated carbocycles. The first-order valence-electron chi connectivity index (χ1n) is 4.43. The van der Waals surface area contributed by atoms with Crippen molar-refractivity contribution in [1.82, 2.24) is 0 Å².